The summed E-state index contributed by atoms with van der Waals surface area (Å²) in [6.07, 6.45) is 2.76. The average molecular weight is 395 g/mol. The first-order valence-electron chi connectivity index (χ1n) is 9.07. The fourth-order valence-corrected chi connectivity index (χ4v) is 4.15. The summed E-state index contributed by atoms with van der Waals surface area (Å²) in [6, 6.07) is 13.3. The summed E-state index contributed by atoms with van der Waals surface area (Å²) >= 11 is 1.69. The van der Waals surface area contributed by atoms with Gasteiger partial charge in [0, 0.05) is 12.2 Å². The summed E-state index contributed by atoms with van der Waals surface area (Å²) in [4.78, 5) is 31.4. The maximum Gasteiger partial charge on any atom is 0.337 e. The number of carbonyl (C=O) groups is 2. The van der Waals surface area contributed by atoms with Gasteiger partial charge >= 0.3 is 5.97 Å². The highest BCUT2D eigenvalue weighted by Gasteiger charge is 2.26. The van der Waals surface area contributed by atoms with Crippen LogP contribution in [0.1, 0.15) is 21.7 Å². The van der Waals surface area contributed by atoms with Crippen molar-refractivity contribution in [3.63, 3.8) is 0 Å². The first kappa shape index (κ1) is 18.6. The molecule has 3 aromatic rings. The number of ether oxygens (including phenoxy) is 1. The zero-order valence-electron chi connectivity index (χ0n) is 15.8. The van der Waals surface area contributed by atoms with Crippen molar-refractivity contribution in [1.29, 1.82) is 0 Å². The third-order valence-corrected chi connectivity index (χ3v) is 5.54. The van der Waals surface area contributed by atoms with Gasteiger partial charge in [0.25, 0.3) is 0 Å². The molecule has 0 saturated carbocycles. The molecule has 2 heterocycles. The number of hydrogen-bond donors (Lipinski definition) is 0. The third-order valence-electron chi connectivity index (χ3n) is 5.00. The molecule has 1 aliphatic rings. The molecule has 1 aliphatic heterocycles. The number of amides is 1. The van der Waals surface area contributed by atoms with Crippen molar-refractivity contribution in [3.05, 3.63) is 59.4 Å². The van der Waals surface area contributed by atoms with Gasteiger partial charge in [0.15, 0.2) is 0 Å². The standard InChI is InChI=1S/C21H21N3O3S/c1-27-21(26)15-7-8-17-14(11-15)9-10-23(17)20(25)12-24-18-6-4-3-5-16(18)22-19(24)13-28-2/h3-8,11H,9-10,12-13H2,1-2H3. The second-order valence-electron chi connectivity index (χ2n) is 6.67. The van der Waals surface area contributed by atoms with Crippen molar-refractivity contribution in [1.82, 2.24) is 9.55 Å². The number of fused-ring (bicyclic) bond motifs is 2. The largest absolute Gasteiger partial charge is 0.465 e. The molecule has 0 fully saturated rings. The maximum atomic E-state index is 13.1. The minimum absolute atomic E-state index is 0.0232. The number of carbonyl (C=O) groups excluding carboxylic acids is 2. The van der Waals surface area contributed by atoms with E-state index in [4.69, 9.17) is 4.74 Å². The molecule has 0 unspecified atom stereocenters. The van der Waals surface area contributed by atoms with Crippen LogP contribution >= 0.6 is 11.8 Å². The molecular formula is C21H21N3O3S. The van der Waals surface area contributed by atoms with Crippen LogP contribution in [0.3, 0.4) is 0 Å². The fourth-order valence-electron chi connectivity index (χ4n) is 3.67. The van der Waals surface area contributed by atoms with Crippen molar-refractivity contribution in [2.24, 2.45) is 0 Å². The van der Waals surface area contributed by atoms with E-state index in [2.05, 4.69) is 4.98 Å². The molecule has 144 valence electrons. The lowest BCUT2D eigenvalue weighted by Gasteiger charge is -2.19. The van der Waals surface area contributed by atoms with Gasteiger partial charge in [0.2, 0.25) is 5.91 Å². The first-order chi connectivity index (χ1) is 13.6. The quantitative estimate of drug-likeness (QED) is 0.621. The minimum atomic E-state index is -0.362. The van der Waals surface area contributed by atoms with Crippen molar-refractivity contribution < 1.29 is 14.3 Å². The molecule has 6 nitrogen and oxygen atoms in total. The van der Waals surface area contributed by atoms with E-state index in [0.29, 0.717) is 12.1 Å². The Morgan fingerprint density at radius 2 is 2.04 bits per heavy atom. The van der Waals surface area contributed by atoms with Gasteiger partial charge < -0.3 is 14.2 Å². The lowest BCUT2D eigenvalue weighted by molar-refractivity contribution is -0.119. The molecule has 1 amide bonds. The second kappa shape index (κ2) is 7.67. The number of para-hydroxylation sites is 2. The topological polar surface area (TPSA) is 64.4 Å². The summed E-state index contributed by atoms with van der Waals surface area (Å²) in [5, 5.41) is 0. The lowest BCUT2D eigenvalue weighted by atomic mass is 10.1. The number of esters is 1. The Bertz CT molecular complexity index is 1060. The Morgan fingerprint density at radius 1 is 1.21 bits per heavy atom. The molecule has 1 aromatic heterocycles. The van der Waals surface area contributed by atoms with E-state index in [0.717, 1.165) is 40.3 Å². The van der Waals surface area contributed by atoms with Crippen LogP contribution in [-0.4, -0.2) is 41.3 Å². The van der Waals surface area contributed by atoms with Crippen LogP contribution in [-0.2, 0) is 28.2 Å². The molecule has 0 spiro atoms. The fraction of sp³-hybridized carbons (Fsp3) is 0.286. The Morgan fingerprint density at radius 3 is 2.82 bits per heavy atom. The van der Waals surface area contributed by atoms with E-state index in [1.807, 2.05) is 47.2 Å². The molecule has 0 atom stereocenters. The van der Waals surface area contributed by atoms with Gasteiger partial charge in [0.1, 0.15) is 12.4 Å². The van der Waals surface area contributed by atoms with Crippen LogP contribution in [0.2, 0.25) is 0 Å². The number of thioether (sulfide) groups is 1. The number of aromatic nitrogens is 2. The summed E-state index contributed by atoms with van der Waals surface area (Å²) in [6.45, 7) is 0.859. The van der Waals surface area contributed by atoms with E-state index in [-0.39, 0.29) is 18.4 Å². The Kier molecular flexibility index (Phi) is 5.09. The second-order valence-corrected chi connectivity index (χ2v) is 7.53. The van der Waals surface area contributed by atoms with Gasteiger partial charge in [-0.2, -0.15) is 11.8 Å². The summed E-state index contributed by atoms with van der Waals surface area (Å²) in [5.41, 5.74) is 4.26. The van der Waals surface area contributed by atoms with Crippen LogP contribution in [0.15, 0.2) is 42.5 Å². The number of methoxy groups -OCH3 is 1. The zero-order valence-corrected chi connectivity index (χ0v) is 16.7. The van der Waals surface area contributed by atoms with Crippen LogP contribution in [0.4, 0.5) is 5.69 Å². The first-order valence-corrected chi connectivity index (χ1v) is 10.5. The summed E-state index contributed by atoms with van der Waals surface area (Å²) in [5.74, 6) is 1.32. The zero-order chi connectivity index (χ0) is 19.7. The molecule has 28 heavy (non-hydrogen) atoms. The number of nitrogens with zero attached hydrogens (tertiary/aromatic N) is 3. The van der Waals surface area contributed by atoms with E-state index in [9.17, 15) is 9.59 Å². The van der Waals surface area contributed by atoms with Gasteiger partial charge in [-0.1, -0.05) is 12.1 Å². The SMILES string of the molecule is COC(=O)c1ccc2c(c1)CCN2C(=O)Cn1c(CSC)nc2ccccc21. The van der Waals surface area contributed by atoms with Crippen molar-refractivity contribution >= 4 is 40.4 Å². The van der Waals surface area contributed by atoms with E-state index in [1.54, 1.807) is 22.7 Å². The molecule has 0 saturated heterocycles. The van der Waals surface area contributed by atoms with Gasteiger partial charge in [-0.3, -0.25) is 4.79 Å². The number of imidazole rings is 1. The molecule has 0 aliphatic carbocycles. The smallest absolute Gasteiger partial charge is 0.337 e. The number of benzene rings is 2. The summed E-state index contributed by atoms with van der Waals surface area (Å²) in [7, 11) is 1.37. The van der Waals surface area contributed by atoms with Crippen LogP contribution in [0.25, 0.3) is 11.0 Å². The predicted octanol–water partition coefficient (Wildman–Crippen LogP) is 3.28. The highest BCUT2D eigenvalue weighted by molar-refractivity contribution is 7.97. The monoisotopic (exact) mass is 395 g/mol. The third kappa shape index (κ3) is 3.26. The highest BCUT2D eigenvalue weighted by Crippen LogP contribution is 2.30. The molecule has 0 radical (unpaired) electrons. The van der Waals surface area contributed by atoms with Gasteiger partial charge in [-0.05, 0) is 48.6 Å². The highest BCUT2D eigenvalue weighted by atomic mass is 32.2. The normalized spacial score (nSPS) is 13.0. The van der Waals surface area contributed by atoms with Crippen molar-refractivity contribution in [3.8, 4) is 0 Å². The predicted molar refractivity (Wildman–Crippen MR) is 111 cm³/mol. The van der Waals surface area contributed by atoms with Crippen molar-refractivity contribution in [2.45, 2.75) is 18.7 Å². The molecule has 4 rings (SSSR count). The van der Waals surface area contributed by atoms with E-state index >= 15 is 0 Å². The van der Waals surface area contributed by atoms with Crippen LogP contribution in [0.5, 0.6) is 0 Å². The van der Waals surface area contributed by atoms with Crippen molar-refractivity contribution in [2.75, 3.05) is 24.8 Å². The number of rotatable bonds is 5. The Labute approximate surface area is 167 Å². The van der Waals surface area contributed by atoms with Gasteiger partial charge in [-0.15, -0.1) is 0 Å². The molecule has 7 heteroatoms. The van der Waals surface area contributed by atoms with Crippen LogP contribution in [0, 0.1) is 0 Å². The Hall–Kier alpha value is -2.80. The number of anilines is 1. The molecule has 0 N–H and O–H groups in total. The van der Waals surface area contributed by atoms with E-state index < -0.39 is 0 Å². The van der Waals surface area contributed by atoms with Gasteiger partial charge in [-0.25, -0.2) is 9.78 Å². The van der Waals surface area contributed by atoms with E-state index in [1.165, 1.54) is 7.11 Å². The average Bonchev–Trinajstić information content (AvgIpc) is 3.29. The van der Waals surface area contributed by atoms with Gasteiger partial charge in [0.05, 0.1) is 29.5 Å². The maximum absolute atomic E-state index is 13.1. The Balaban J connectivity index is 1.62. The minimum Gasteiger partial charge on any atom is -0.465 e. The number of hydrogen-bond acceptors (Lipinski definition) is 5. The van der Waals surface area contributed by atoms with Crippen LogP contribution < -0.4 is 4.90 Å². The molecular weight excluding hydrogens is 374 g/mol. The summed E-state index contributed by atoms with van der Waals surface area (Å²) < 4.78 is 6.79. The lowest BCUT2D eigenvalue weighted by Crippen LogP contribution is -2.32. The molecule has 2 aromatic carbocycles. The molecule has 0 bridgehead atoms.